The van der Waals surface area contributed by atoms with Gasteiger partial charge in [-0.2, -0.15) is 0 Å². The number of benzene rings is 3. The molecule has 0 saturated carbocycles. The molecule has 0 unspecified atom stereocenters. The van der Waals surface area contributed by atoms with Crippen molar-refractivity contribution in [2.24, 2.45) is 0 Å². The van der Waals surface area contributed by atoms with Gasteiger partial charge < -0.3 is 4.42 Å². The van der Waals surface area contributed by atoms with Gasteiger partial charge in [0.1, 0.15) is 0 Å². The van der Waals surface area contributed by atoms with Gasteiger partial charge in [0.05, 0.1) is 28.8 Å². The fraction of sp³-hybridized carbons (Fsp3) is 0.154. The van der Waals surface area contributed by atoms with E-state index in [-0.39, 0.29) is 5.56 Å². The van der Waals surface area contributed by atoms with Crippen molar-refractivity contribution in [2.45, 2.75) is 31.2 Å². The highest BCUT2D eigenvalue weighted by atomic mass is 32.2. The molecule has 164 valence electrons. The van der Waals surface area contributed by atoms with Crippen molar-refractivity contribution in [3.63, 3.8) is 0 Å². The van der Waals surface area contributed by atoms with Crippen LogP contribution >= 0.6 is 11.8 Å². The Kier molecular flexibility index (Phi) is 5.79. The summed E-state index contributed by atoms with van der Waals surface area (Å²) in [6.45, 7) is 4.06. The molecule has 0 aliphatic heterocycles. The van der Waals surface area contributed by atoms with Crippen LogP contribution in [0.25, 0.3) is 16.6 Å². The van der Waals surface area contributed by atoms with Crippen LogP contribution in [0, 0.1) is 13.8 Å². The Balaban J connectivity index is 1.49. The van der Waals surface area contributed by atoms with Crippen molar-refractivity contribution in [2.75, 3.05) is 0 Å². The number of aromatic nitrogens is 4. The van der Waals surface area contributed by atoms with Crippen molar-refractivity contribution >= 4 is 22.7 Å². The molecule has 0 bridgehead atoms. The Labute approximate surface area is 195 Å². The lowest BCUT2D eigenvalue weighted by Gasteiger charge is -2.16. The Hall–Kier alpha value is -3.71. The third kappa shape index (κ3) is 4.32. The van der Waals surface area contributed by atoms with Crippen molar-refractivity contribution in [1.29, 1.82) is 0 Å². The molecule has 7 heteroatoms. The number of thioether (sulfide) groups is 1. The molecule has 2 aromatic heterocycles. The first kappa shape index (κ1) is 21.2. The maximum atomic E-state index is 13.5. The molecule has 6 nitrogen and oxygen atoms in total. The SMILES string of the molecule is Cc1cccc(-n2c(SCc3nnc(Cc4ccccc4)o3)nc3ccccc3c2=O)c1C. The molecule has 5 rings (SSSR count). The summed E-state index contributed by atoms with van der Waals surface area (Å²) in [7, 11) is 0. The second kappa shape index (κ2) is 9.03. The number of nitrogens with zero attached hydrogens (tertiary/aromatic N) is 4. The zero-order chi connectivity index (χ0) is 22.8. The van der Waals surface area contributed by atoms with Crippen LogP contribution in [0.5, 0.6) is 0 Å². The Bertz CT molecular complexity index is 1490. The van der Waals surface area contributed by atoms with Gasteiger partial charge in [-0.3, -0.25) is 9.36 Å². The molecule has 0 fully saturated rings. The van der Waals surface area contributed by atoms with Crippen LogP contribution in [0.15, 0.2) is 87.2 Å². The number of hydrogen-bond acceptors (Lipinski definition) is 6. The highest BCUT2D eigenvalue weighted by Gasteiger charge is 2.17. The van der Waals surface area contributed by atoms with Crippen LogP contribution in [-0.2, 0) is 12.2 Å². The molecule has 2 heterocycles. The average Bonchev–Trinajstić information content (AvgIpc) is 3.28. The molecular weight excluding hydrogens is 432 g/mol. The topological polar surface area (TPSA) is 73.8 Å². The van der Waals surface area contributed by atoms with Gasteiger partial charge in [-0.1, -0.05) is 66.4 Å². The predicted octanol–water partition coefficient (Wildman–Crippen LogP) is 5.27. The minimum Gasteiger partial charge on any atom is -0.424 e. The lowest BCUT2D eigenvalue weighted by Crippen LogP contribution is -2.22. The van der Waals surface area contributed by atoms with Crippen LogP contribution in [0.1, 0.15) is 28.5 Å². The molecule has 0 amide bonds. The van der Waals surface area contributed by atoms with Crippen molar-refractivity contribution in [1.82, 2.24) is 19.7 Å². The predicted molar refractivity (Wildman–Crippen MR) is 130 cm³/mol. The third-order valence-corrected chi connectivity index (χ3v) is 6.52. The molecule has 0 radical (unpaired) electrons. The second-order valence-corrected chi connectivity index (χ2v) is 8.75. The Morgan fingerprint density at radius 2 is 1.64 bits per heavy atom. The van der Waals surface area contributed by atoms with E-state index in [0.717, 1.165) is 22.4 Å². The summed E-state index contributed by atoms with van der Waals surface area (Å²) >= 11 is 1.41. The quantitative estimate of drug-likeness (QED) is 0.257. The largest absolute Gasteiger partial charge is 0.424 e. The van der Waals surface area contributed by atoms with Crippen LogP contribution in [0.2, 0.25) is 0 Å². The summed E-state index contributed by atoms with van der Waals surface area (Å²) < 4.78 is 7.55. The van der Waals surface area contributed by atoms with Gasteiger partial charge in [0.15, 0.2) is 5.16 Å². The summed E-state index contributed by atoms with van der Waals surface area (Å²) in [5.41, 5.74) is 4.68. The molecule has 0 aliphatic carbocycles. The maximum absolute atomic E-state index is 13.5. The van der Waals surface area contributed by atoms with E-state index in [1.165, 1.54) is 11.8 Å². The fourth-order valence-electron chi connectivity index (χ4n) is 3.71. The summed E-state index contributed by atoms with van der Waals surface area (Å²) in [5, 5.41) is 9.55. The van der Waals surface area contributed by atoms with E-state index >= 15 is 0 Å². The smallest absolute Gasteiger partial charge is 0.266 e. The number of fused-ring (bicyclic) bond motifs is 1. The molecular formula is C26H22N4O2S. The molecule has 0 atom stereocenters. The van der Waals surface area contributed by atoms with Gasteiger partial charge in [0.25, 0.3) is 5.56 Å². The lowest BCUT2D eigenvalue weighted by atomic mass is 10.1. The van der Waals surface area contributed by atoms with Gasteiger partial charge in [-0.15, -0.1) is 10.2 Å². The number of hydrogen-bond donors (Lipinski definition) is 0. The molecule has 0 aliphatic rings. The normalized spacial score (nSPS) is 11.2. The first-order valence-corrected chi connectivity index (χ1v) is 11.6. The van der Waals surface area contributed by atoms with Crippen LogP contribution in [0.4, 0.5) is 0 Å². The van der Waals surface area contributed by atoms with E-state index in [2.05, 4.69) is 10.2 Å². The van der Waals surface area contributed by atoms with Crippen molar-refractivity contribution < 1.29 is 4.42 Å². The van der Waals surface area contributed by atoms with Gasteiger partial charge in [-0.05, 0) is 48.7 Å². The van der Waals surface area contributed by atoms with Gasteiger partial charge in [-0.25, -0.2) is 4.98 Å². The minimum atomic E-state index is -0.0907. The number of para-hydroxylation sites is 1. The zero-order valence-electron chi connectivity index (χ0n) is 18.4. The molecule has 5 aromatic rings. The van der Waals surface area contributed by atoms with Gasteiger partial charge in [0.2, 0.25) is 11.8 Å². The fourth-order valence-corrected chi connectivity index (χ4v) is 4.56. The van der Waals surface area contributed by atoms with E-state index < -0.39 is 0 Å². The summed E-state index contributed by atoms with van der Waals surface area (Å²) in [6.07, 6.45) is 0.583. The summed E-state index contributed by atoms with van der Waals surface area (Å²) in [5.74, 6) is 1.48. The van der Waals surface area contributed by atoms with E-state index in [1.807, 2.05) is 86.6 Å². The van der Waals surface area contributed by atoms with E-state index in [9.17, 15) is 4.79 Å². The molecule has 0 N–H and O–H groups in total. The highest BCUT2D eigenvalue weighted by Crippen LogP contribution is 2.26. The average molecular weight is 455 g/mol. The van der Waals surface area contributed by atoms with Crippen LogP contribution in [0.3, 0.4) is 0 Å². The lowest BCUT2D eigenvalue weighted by molar-refractivity contribution is 0.474. The highest BCUT2D eigenvalue weighted by molar-refractivity contribution is 7.98. The third-order valence-electron chi connectivity index (χ3n) is 5.59. The first-order chi connectivity index (χ1) is 16.1. The van der Waals surface area contributed by atoms with Gasteiger partial charge in [0, 0.05) is 0 Å². The second-order valence-electron chi connectivity index (χ2n) is 7.81. The first-order valence-electron chi connectivity index (χ1n) is 10.7. The van der Waals surface area contributed by atoms with Gasteiger partial charge >= 0.3 is 0 Å². The maximum Gasteiger partial charge on any atom is 0.266 e. The van der Waals surface area contributed by atoms with Crippen molar-refractivity contribution in [3.05, 3.63) is 112 Å². The number of rotatable bonds is 6. The standard InChI is InChI=1S/C26H22N4O2S/c1-17-9-8-14-22(18(17)2)30-25(31)20-12-6-7-13-21(20)27-26(30)33-16-24-29-28-23(32-24)15-19-10-4-3-5-11-19/h3-14H,15-16H2,1-2H3. The number of aryl methyl sites for hydroxylation is 1. The minimum absolute atomic E-state index is 0.0907. The molecule has 33 heavy (non-hydrogen) atoms. The van der Waals surface area contributed by atoms with E-state index in [1.54, 1.807) is 4.57 Å². The molecule has 0 saturated heterocycles. The van der Waals surface area contributed by atoms with E-state index in [0.29, 0.717) is 40.0 Å². The zero-order valence-corrected chi connectivity index (χ0v) is 19.2. The summed E-state index contributed by atoms with van der Waals surface area (Å²) in [4.78, 5) is 18.3. The summed E-state index contributed by atoms with van der Waals surface area (Å²) in [6, 6.07) is 23.4. The molecule has 0 spiro atoms. The molecule has 3 aromatic carbocycles. The van der Waals surface area contributed by atoms with Crippen LogP contribution < -0.4 is 5.56 Å². The Morgan fingerprint density at radius 1 is 0.879 bits per heavy atom. The Morgan fingerprint density at radius 3 is 2.48 bits per heavy atom. The van der Waals surface area contributed by atoms with Crippen LogP contribution in [-0.4, -0.2) is 19.7 Å². The monoisotopic (exact) mass is 454 g/mol. The van der Waals surface area contributed by atoms with Crippen molar-refractivity contribution in [3.8, 4) is 5.69 Å². The van der Waals surface area contributed by atoms with E-state index in [4.69, 9.17) is 9.40 Å².